The van der Waals surface area contributed by atoms with Gasteiger partial charge in [-0.3, -0.25) is 0 Å². The van der Waals surface area contributed by atoms with Crippen LogP contribution < -0.4 is 0 Å². The fourth-order valence-corrected chi connectivity index (χ4v) is 13.4. The molecule has 0 fully saturated rings. The van der Waals surface area contributed by atoms with Gasteiger partial charge in [0.2, 0.25) is 0 Å². The van der Waals surface area contributed by atoms with Crippen LogP contribution in [0.4, 0.5) is 17.6 Å². The van der Waals surface area contributed by atoms with Crippen molar-refractivity contribution < 1.29 is 17.6 Å². The molecule has 0 saturated heterocycles. The van der Waals surface area contributed by atoms with Crippen LogP contribution in [-0.2, 0) is 0 Å². The molecule has 0 aliphatic heterocycles. The van der Waals surface area contributed by atoms with Crippen molar-refractivity contribution in [3.8, 4) is 19.5 Å². The number of hydrogen-bond donors (Lipinski definition) is 0. The van der Waals surface area contributed by atoms with E-state index in [9.17, 15) is 0 Å². The van der Waals surface area contributed by atoms with Crippen molar-refractivity contribution in [2.75, 3.05) is 0 Å². The van der Waals surface area contributed by atoms with Gasteiger partial charge in [-0.2, -0.15) is 0 Å². The highest BCUT2D eigenvalue weighted by atomic mass is 32.1. The zero-order chi connectivity index (χ0) is 29.4. The molecule has 10 rings (SSSR count). The largest absolute Gasteiger partial charge is 0.205 e. The Bertz CT molecular complexity index is 2640. The first-order chi connectivity index (χ1) is 21.4. The summed E-state index contributed by atoms with van der Waals surface area (Å²) in [5.41, 5.74) is 0. The average molecular weight is 689 g/mol. The smallest absolute Gasteiger partial charge is 0.150 e. The summed E-state index contributed by atoms with van der Waals surface area (Å²) in [7, 11) is 0. The molecule has 0 aliphatic carbocycles. The molecular weight excluding hydrogens is 677 g/mol. The molecule has 0 amide bonds. The van der Waals surface area contributed by atoms with E-state index in [4.69, 9.17) is 0 Å². The monoisotopic (exact) mass is 688 g/mol. The molecule has 0 spiro atoms. The molecule has 10 aromatic rings. The van der Waals surface area contributed by atoms with Gasteiger partial charge in [0.05, 0.1) is 28.9 Å². The highest BCUT2D eigenvalue weighted by Gasteiger charge is 2.25. The maximum absolute atomic E-state index is 15.9. The molecule has 0 aliphatic rings. The minimum absolute atomic E-state index is 0.325. The average Bonchev–Trinajstić information content (AvgIpc) is 3.86. The third-order valence-corrected chi connectivity index (χ3v) is 15.4. The lowest BCUT2D eigenvalue weighted by Crippen LogP contribution is -1.77. The number of fused-ring (bicyclic) bond motifs is 9. The first kappa shape index (κ1) is 25.9. The molecule has 0 N–H and O–H groups in total. The highest BCUT2D eigenvalue weighted by Crippen LogP contribution is 2.51. The number of hydrogen-bond acceptors (Lipinski definition) is 6. The van der Waals surface area contributed by atoms with Gasteiger partial charge in [0.15, 0.2) is 23.3 Å². The van der Waals surface area contributed by atoms with Crippen LogP contribution in [0.5, 0.6) is 0 Å². The molecule has 0 bridgehead atoms. The van der Waals surface area contributed by atoms with Crippen LogP contribution >= 0.6 is 68.0 Å². The van der Waals surface area contributed by atoms with E-state index in [2.05, 4.69) is 0 Å². The summed E-state index contributed by atoms with van der Waals surface area (Å²) in [6, 6.07) is 22.2. The van der Waals surface area contributed by atoms with E-state index in [0.29, 0.717) is 41.1 Å². The Hall–Kier alpha value is -3.38. The predicted octanol–water partition coefficient (Wildman–Crippen LogP) is 14.0. The SMILES string of the molecule is Fc1c(-c2sc3cc4sc5c6cc7c(F)c(-c8sc9ccccc9c8F)sc7cc6sc5c4cc3c2F)sc2ccccc12. The zero-order valence-corrected chi connectivity index (χ0v) is 26.8. The minimum Gasteiger partial charge on any atom is -0.205 e. The molecule has 0 atom stereocenters. The van der Waals surface area contributed by atoms with E-state index in [0.717, 1.165) is 48.4 Å². The summed E-state index contributed by atoms with van der Waals surface area (Å²) in [5, 5.41) is 3.86. The number of benzene rings is 4. The minimum atomic E-state index is -0.401. The van der Waals surface area contributed by atoms with Crippen molar-refractivity contribution >= 4 is 138 Å². The Labute approximate surface area is 269 Å². The molecular formula is C34H12F4S6. The second-order valence-corrected chi connectivity index (χ2v) is 16.8. The van der Waals surface area contributed by atoms with Gasteiger partial charge in [-0.15, -0.1) is 68.0 Å². The quantitative estimate of drug-likeness (QED) is 0.159. The van der Waals surface area contributed by atoms with Crippen LogP contribution in [0.15, 0.2) is 72.8 Å². The van der Waals surface area contributed by atoms with E-state index in [1.807, 2.05) is 48.5 Å². The van der Waals surface area contributed by atoms with E-state index in [-0.39, 0.29) is 11.6 Å². The topological polar surface area (TPSA) is 0 Å². The Morgan fingerprint density at radius 3 is 1.07 bits per heavy atom. The van der Waals surface area contributed by atoms with E-state index in [1.54, 1.807) is 46.9 Å². The molecule has 0 nitrogen and oxygen atoms in total. The summed E-state index contributed by atoms with van der Waals surface area (Å²) in [4.78, 5) is 1.31. The van der Waals surface area contributed by atoms with Gasteiger partial charge < -0.3 is 0 Å². The maximum Gasteiger partial charge on any atom is 0.150 e. The first-order valence-electron chi connectivity index (χ1n) is 13.4. The number of rotatable bonds is 2. The Kier molecular flexibility index (Phi) is 5.35. The lowest BCUT2D eigenvalue weighted by Gasteiger charge is -1.94. The summed E-state index contributed by atoms with van der Waals surface area (Å²) in [6.45, 7) is 0. The van der Waals surface area contributed by atoms with Crippen LogP contribution in [-0.4, -0.2) is 0 Å². The van der Waals surface area contributed by atoms with Crippen LogP contribution in [0.25, 0.3) is 89.4 Å². The van der Waals surface area contributed by atoms with Crippen molar-refractivity contribution in [1.82, 2.24) is 0 Å². The van der Waals surface area contributed by atoms with Gasteiger partial charge in [-0.25, -0.2) is 17.6 Å². The fourth-order valence-electron chi connectivity index (χ4n) is 5.99. The van der Waals surface area contributed by atoms with Crippen molar-refractivity contribution in [3.05, 3.63) is 96.1 Å². The fraction of sp³-hybridized carbons (Fsp3) is 0. The Morgan fingerprint density at radius 1 is 0.318 bits per heavy atom. The highest BCUT2D eigenvalue weighted by molar-refractivity contribution is 7.37. The summed E-state index contributed by atoms with van der Waals surface area (Å²) in [5.74, 6) is -1.56. The van der Waals surface area contributed by atoms with Gasteiger partial charge in [-0.1, -0.05) is 36.4 Å². The van der Waals surface area contributed by atoms with Crippen molar-refractivity contribution in [2.45, 2.75) is 0 Å². The summed E-state index contributed by atoms with van der Waals surface area (Å²) in [6.07, 6.45) is 0. The Balaban J connectivity index is 1.15. The van der Waals surface area contributed by atoms with Gasteiger partial charge >= 0.3 is 0 Å². The third kappa shape index (κ3) is 3.41. The van der Waals surface area contributed by atoms with Crippen molar-refractivity contribution in [3.63, 3.8) is 0 Å². The van der Waals surface area contributed by atoms with Crippen molar-refractivity contribution in [1.29, 1.82) is 0 Å². The second-order valence-electron chi connectivity index (χ2n) is 10.5. The number of halogens is 4. The Morgan fingerprint density at radius 2 is 0.659 bits per heavy atom. The normalized spacial score (nSPS) is 12.5. The standard InChI is InChI=1S/C34H12F4S6/c35-25-13-5-1-3-7-19(13)39-31(25)33-27(37)15-9-17-23(11-21(15)43-33)41-30-18-10-16-22(12-24(18)42-29(17)30)44-34(28(16)38)32-26(36)14-6-2-4-8-20(14)40-32/h1-12H. The first-order valence-corrected chi connectivity index (χ1v) is 18.3. The van der Waals surface area contributed by atoms with E-state index >= 15 is 17.6 Å². The number of thiophene rings is 6. The van der Waals surface area contributed by atoms with Gasteiger partial charge in [-0.05, 0) is 36.4 Å². The lowest BCUT2D eigenvalue weighted by atomic mass is 10.1. The molecule has 6 aromatic heterocycles. The molecule has 44 heavy (non-hydrogen) atoms. The molecule has 212 valence electrons. The molecule has 6 heterocycles. The molecule has 4 aromatic carbocycles. The van der Waals surface area contributed by atoms with Crippen LogP contribution in [0, 0.1) is 23.3 Å². The van der Waals surface area contributed by atoms with E-state index < -0.39 is 11.6 Å². The van der Waals surface area contributed by atoms with Crippen LogP contribution in [0.3, 0.4) is 0 Å². The molecule has 0 saturated carbocycles. The molecule has 10 heteroatoms. The molecule has 0 unspecified atom stereocenters. The predicted molar refractivity (Wildman–Crippen MR) is 187 cm³/mol. The third-order valence-electron chi connectivity index (χ3n) is 8.06. The summed E-state index contributed by atoms with van der Waals surface area (Å²) < 4.78 is 69.6. The van der Waals surface area contributed by atoms with Crippen LogP contribution in [0.1, 0.15) is 0 Å². The van der Waals surface area contributed by atoms with E-state index in [1.165, 1.54) is 45.3 Å². The summed E-state index contributed by atoms with van der Waals surface area (Å²) >= 11 is 8.29. The lowest BCUT2D eigenvalue weighted by molar-refractivity contribution is 0.635. The zero-order valence-electron chi connectivity index (χ0n) is 21.9. The molecule has 0 radical (unpaired) electrons. The van der Waals surface area contributed by atoms with Crippen molar-refractivity contribution in [2.24, 2.45) is 0 Å². The van der Waals surface area contributed by atoms with Crippen LogP contribution in [0.2, 0.25) is 0 Å². The van der Waals surface area contributed by atoms with Gasteiger partial charge in [0.25, 0.3) is 0 Å². The second kappa shape index (κ2) is 9.09. The maximum atomic E-state index is 15.9. The van der Waals surface area contributed by atoms with Gasteiger partial charge in [0, 0.05) is 60.5 Å². The van der Waals surface area contributed by atoms with Gasteiger partial charge in [0.1, 0.15) is 0 Å².